The lowest BCUT2D eigenvalue weighted by Crippen LogP contribution is -2.41. The number of rotatable bonds is 5. The van der Waals surface area contributed by atoms with Gasteiger partial charge in [-0.15, -0.1) is 0 Å². The summed E-state index contributed by atoms with van der Waals surface area (Å²) in [5.41, 5.74) is 0. The van der Waals surface area contributed by atoms with Crippen molar-refractivity contribution in [1.29, 1.82) is 0 Å². The van der Waals surface area contributed by atoms with Gasteiger partial charge in [0.15, 0.2) is 0 Å². The highest BCUT2D eigenvalue weighted by Gasteiger charge is 2.32. The van der Waals surface area contributed by atoms with E-state index in [0.717, 1.165) is 0 Å². The zero-order chi connectivity index (χ0) is 12.2. The van der Waals surface area contributed by atoms with E-state index in [4.69, 9.17) is 0 Å². The van der Waals surface area contributed by atoms with Crippen molar-refractivity contribution in [3.05, 3.63) is 0 Å². The second-order valence-corrected chi connectivity index (χ2v) is 8.24. The van der Waals surface area contributed by atoms with Crippen LogP contribution in [-0.4, -0.2) is 53.7 Å². The highest BCUT2D eigenvalue weighted by atomic mass is 32.2. The molecule has 16 heavy (non-hydrogen) atoms. The maximum atomic E-state index is 11.7. The Morgan fingerprint density at radius 1 is 1.19 bits per heavy atom. The normalized spacial score (nSPS) is 22.1. The molecule has 0 aliphatic carbocycles. The SMILES string of the molecule is CNCCNS(=O)(=O)C1CCS(=O)(=O)CC1. The fourth-order valence-corrected chi connectivity index (χ4v) is 4.88. The van der Waals surface area contributed by atoms with Gasteiger partial charge >= 0.3 is 0 Å². The predicted molar refractivity (Wildman–Crippen MR) is 62.5 cm³/mol. The van der Waals surface area contributed by atoms with Gasteiger partial charge in [0.2, 0.25) is 10.0 Å². The number of nitrogens with one attached hydrogen (secondary N) is 2. The predicted octanol–water partition coefficient (Wildman–Crippen LogP) is -1.30. The highest BCUT2D eigenvalue weighted by molar-refractivity contribution is 7.92. The molecule has 0 amide bonds. The molecule has 1 aliphatic rings. The van der Waals surface area contributed by atoms with Crippen LogP contribution in [0.3, 0.4) is 0 Å². The standard InChI is InChI=1S/C8H18N2O4S2/c1-9-4-5-10-16(13,14)8-2-6-15(11,12)7-3-8/h8-10H,2-7H2,1H3. The highest BCUT2D eigenvalue weighted by Crippen LogP contribution is 2.18. The van der Waals surface area contributed by atoms with Crippen LogP contribution in [0.4, 0.5) is 0 Å². The Morgan fingerprint density at radius 2 is 1.75 bits per heavy atom. The van der Waals surface area contributed by atoms with Gasteiger partial charge in [-0.3, -0.25) is 0 Å². The van der Waals surface area contributed by atoms with Crippen molar-refractivity contribution in [1.82, 2.24) is 10.0 Å². The minimum absolute atomic E-state index is 0.0232. The topological polar surface area (TPSA) is 92.3 Å². The number of sulfone groups is 1. The molecule has 0 saturated carbocycles. The van der Waals surface area contributed by atoms with Crippen LogP contribution in [0, 0.1) is 0 Å². The molecule has 0 unspecified atom stereocenters. The minimum Gasteiger partial charge on any atom is -0.318 e. The quantitative estimate of drug-likeness (QED) is 0.606. The molecule has 0 aromatic heterocycles. The Kier molecular flexibility index (Phi) is 4.72. The van der Waals surface area contributed by atoms with Crippen LogP contribution in [-0.2, 0) is 19.9 Å². The molecule has 96 valence electrons. The van der Waals surface area contributed by atoms with E-state index < -0.39 is 25.1 Å². The molecule has 1 fully saturated rings. The Balaban J connectivity index is 2.52. The number of hydrogen-bond acceptors (Lipinski definition) is 5. The summed E-state index contributed by atoms with van der Waals surface area (Å²) < 4.78 is 48.3. The van der Waals surface area contributed by atoms with Crippen LogP contribution in [0.5, 0.6) is 0 Å². The lowest BCUT2D eigenvalue weighted by atomic mass is 10.2. The van der Waals surface area contributed by atoms with Crippen LogP contribution >= 0.6 is 0 Å². The van der Waals surface area contributed by atoms with Gasteiger partial charge < -0.3 is 5.32 Å². The molecule has 0 aromatic carbocycles. The van der Waals surface area contributed by atoms with Crippen LogP contribution in [0.15, 0.2) is 0 Å². The lowest BCUT2D eigenvalue weighted by molar-refractivity contribution is 0.541. The first-order valence-electron chi connectivity index (χ1n) is 5.21. The molecule has 8 heteroatoms. The van der Waals surface area contributed by atoms with E-state index in [0.29, 0.717) is 13.1 Å². The number of sulfonamides is 1. The smallest absolute Gasteiger partial charge is 0.214 e. The van der Waals surface area contributed by atoms with Crippen molar-refractivity contribution in [2.75, 3.05) is 31.6 Å². The zero-order valence-corrected chi connectivity index (χ0v) is 10.9. The van der Waals surface area contributed by atoms with Gasteiger partial charge in [0.05, 0.1) is 16.8 Å². The van der Waals surface area contributed by atoms with Gasteiger partial charge in [0.25, 0.3) is 0 Å². The van der Waals surface area contributed by atoms with Gasteiger partial charge in [0, 0.05) is 13.1 Å². The first-order valence-corrected chi connectivity index (χ1v) is 8.58. The number of likely N-dealkylation sites (N-methyl/N-ethyl adjacent to an activating group) is 1. The van der Waals surface area contributed by atoms with Crippen LogP contribution in [0.1, 0.15) is 12.8 Å². The third-order valence-corrected chi connectivity index (χ3v) is 6.29. The van der Waals surface area contributed by atoms with Crippen molar-refractivity contribution < 1.29 is 16.8 Å². The number of hydrogen-bond donors (Lipinski definition) is 2. The summed E-state index contributed by atoms with van der Waals surface area (Å²) >= 11 is 0. The third kappa shape index (κ3) is 4.00. The zero-order valence-electron chi connectivity index (χ0n) is 9.27. The molecule has 0 spiro atoms. The third-order valence-electron chi connectivity index (χ3n) is 2.62. The van der Waals surface area contributed by atoms with E-state index >= 15 is 0 Å². The average molecular weight is 270 g/mol. The first-order chi connectivity index (χ1) is 7.37. The minimum atomic E-state index is -3.36. The summed E-state index contributed by atoms with van der Waals surface area (Å²) in [6.07, 6.45) is 0.411. The molecule has 0 radical (unpaired) electrons. The largest absolute Gasteiger partial charge is 0.318 e. The first kappa shape index (κ1) is 13.9. The van der Waals surface area contributed by atoms with Crippen LogP contribution < -0.4 is 10.0 Å². The molecule has 0 aromatic rings. The summed E-state index contributed by atoms with van der Waals surface area (Å²) in [5.74, 6) is -0.0464. The summed E-state index contributed by atoms with van der Waals surface area (Å²) in [5, 5.41) is 2.27. The Hall–Kier alpha value is -0.180. The van der Waals surface area contributed by atoms with Crippen molar-refractivity contribution in [2.24, 2.45) is 0 Å². The molecule has 1 heterocycles. The molecule has 0 bridgehead atoms. The molecular weight excluding hydrogens is 252 g/mol. The monoisotopic (exact) mass is 270 g/mol. The van der Waals surface area contributed by atoms with E-state index in [1.165, 1.54) is 0 Å². The molecule has 0 atom stereocenters. The van der Waals surface area contributed by atoms with Gasteiger partial charge in [-0.05, 0) is 19.9 Å². The molecular formula is C8H18N2O4S2. The summed E-state index contributed by atoms with van der Waals surface area (Å²) in [6.45, 7) is 0.895. The fourth-order valence-electron chi connectivity index (χ4n) is 1.61. The Labute approximate surface area is 96.8 Å². The van der Waals surface area contributed by atoms with E-state index in [9.17, 15) is 16.8 Å². The van der Waals surface area contributed by atoms with E-state index in [2.05, 4.69) is 10.0 Å². The van der Waals surface area contributed by atoms with Crippen LogP contribution in [0.2, 0.25) is 0 Å². The molecule has 1 rings (SSSR count). The molecule has 6 nitrogen and oxygen atoms in total. The summed E-state index contributed by atoms with van der Waals surface area (Å²) in [7, 11) is -4.63. The van der Waals surface area contributed by atoms with Crippen molar-refractivity contribution in [3.63, 3.8) is 0 Å². The van der Waals surface area contributed by atoms with Crippen molar-refractivity contribution >= 4 is 19.9 Å². The second kappa shape index (κ2) is 5.44. The van der Waals surface area contributed by atoms with Gasteiger partial charge in [-0.1, -0.05) is 0 Å². The van der Waals surface area contributed by atoms with E-state index in [1.54, 1.807) is 7.05 Å². The molecule has 1 saturated heterocycles. The van der Waals surface area contributed by atoms with Crippen LogP contribution in [0.25, 0.3) is 0 Å². The van der Waals surface area contributed by atoms with Gasteiger partial charge in [-0.25, -0.2) is 21.6 Å². The Morgan fingerprint density at radius 3 is 2.25 bits per heavy atom. The maximum Gasteiger partial charge on any atom is 0.214 e. The molecule has 2 N–H and O–H groups in total. The van der Waals surface area contributed by atoms with Crippen molar-refractivity contribution in [2.45, 2.75) is 18.1 Å². The van der Waals surface area contributed by atoms with Crippen molar-refractivity contribution in [3.8, 4) is 0 Å². The average Bonchev–Trinajstić information content (AvgIpc) is 2.17. The Bertz CT molecular complexity index is 401. The summed E-state index contributed by atoms with van der Waals surface area (Å²) in [4.78, 5) is 0. The van der Waals surface area contributed by atoms with Gasteiger partial charge in [-0.2, -0.15) is 0 Å². The summed E-state index contributed by atoms with van der Waals surface area (Å²) in [6, 6.07) is 0. The fraction of sp³-hybridized carbons (Fsp3) is 1.00. The maximum absolute atomic E-state index is 11.7. The molecule has 1 aliphatic heterocycles. The van der Waals surface area contributed by atoms with Gasteiger partial charge in [0.1, 0.15) is 9.84 Å². The van der Waals surface area contributed by atoms with E-state index in [1.807, 2.05) is 0 Å². The second-order valence-electron chi connectivity index (χ2n) is 3.89. The van der Waals surface area contributed by atoms with E-state index in [-0.39, 0.29) is 24.3 Å². The lowest BCUT2D eigenvalue weighted by Gasteiger charge is -2.22.